The molecule has 3 aromatic rings. The van der Waals surface area contributed by atoms with Crippen molar-refractivity contribution in [2.75, 3.05) is 0 Å². The van der Waals surface area contributed by atoms with Crippen molar-refractivity contribution in [3.05, 3.63) is 47.6 Å². The van der Waals surface area contributed by atoms with Crippen molar-refractivity contribution in [3.63, 3.8) is 0 Å². The molecule has 106 valence electrons. The number of hydrogen-bond acceptors (Lipinski definition) is 4. The highest BCUT2D eigenvalue weighted by molar-refractivity contribution is 6.33. The maximum absolute atomic E-state index is 13.0. The molecule has 0 aliphatic rings. The van der Waals surface area contributed by atoms with E-state index in [1.807, 2.05) is 0 Å². The SMILES string of the molecule is FC(F)(F)c1cccnc1-c1cnc2c(Cl)ncnc2c1. The van der Waals surface area contributed by atoms with Crippen molar-refractivity contribution in [2.45, 2.75) is 6.18 Å². The second-order valence-electron chi connectivity index (χ2n) is 4.15. The van der Waals surface area contributed by atoms with Crippen LogP contribution >= 0.6 is 11.6 Å². The zero-order chi connectivity index (χ0) is 15.0. The van der Waals surface area contributed by atoms with Gasteiger partial charge in [0.2, 0.25) is 0 Å². The van der Waals surface area contributed by atoms with Crippen molar-refractivity contribution < 1.29 is 13.2 Å². The molecular weight excluding hydrogens is 305 g/mol. The maximum Gasteiger partial charge on any atom is 0.418 e. The van der Waals surface area contributed by atoms with E-state index in [9.17, 15) is 13.2 Å². The summed E-state index contributed by atoms with van der Waals surface area (Å²) in [6.07, 6.45) is -0.710. The summed E-state index contributed by atoms with van der Waals surface area (Å²) in [5.74, 6) is 0. The van der Waals surface area contributed by atoms with Crippen LogP contribution in [0.15, 0.2) is 36.9 Å². The fourth-order valence-corrected chi connectivity index (χ4v) is 2.10. The molecule has 0 unspecified atom stereocenters. The summed E-state index contributed by atoms with van der Waals surface area (Å²) in [6, 6.07) is 3.66. The fraction of sp³-hybridized carbons (Fsp3) is 0.0769. The Morgan fingerprint density at radius 3 is 2.62 bits per heavy atom. The number of hydrogen-bond donors (Lipinski definition) is 0. The topological polar surface area (TPSA) is 51.6 Å². The van der Waals surface area contributed by atoms with Gasteiger partial charge in [-0.15, -0.1) is 0 Å². The second kappa shape index (κ2) is 4.92. The molecule has 3 heterocycles. The van der Waals surface area contributed by atoms with Gasteiger partial charge in [0, 0.05) is 18.0 Å². The van der Waals surface area contributed by atoms with Crippen LogP contribution in [0.25, 0.3) is 22.3 Å². The largest absolute Gasteiger partial charge is 0.418 e. The molecule has 0 N–H and O–H groups in total. The molecule has 8 heteroatoms. The van der Waals surface area contributed by atoms with Crippen LogP contribution in [-0.4, -0.2) is 19.9 Å². The van der Waals surface area contributed by atoms with Gasteiger partial charge in [0.05, 0.1) is 16.8 Å². The minimum atomic E-state index is -4.50. The Labute approximate surface area is 121 Å². The van der Waals surface area contributed by atoms with Crippen LogP contribution in [0, 0.1) is 0 Å². The Kier molecular flexibility index (Phi) is 3.21. The van der Waals surface area contributed by atoms with Crippen molar-refractivity contribution >= 4 is 22.6 Å². The number of aromatic nitrogens is 4. The molecule has 0 aliphatic carbocycles. The molecule has 21 heavy (non-hydrogen) atoms. The van der Waals surface area contributed by atoms with Gasteiger partial charge in [0.15, 0.2) is 5.15 Å². The summed E-state index contributed by atoms with van der Waals surface area (Å²) in [5, 5.41) is 0.142. The van der Waals surface area contributed by atoms with Crippen LogP contribution in [0.1, 0.15) is 5.56 Å². The predicted octanol–water partition coefficient (Wildman–Crippen LogP) is 3.76. The molecule has 0 fully saturated rings. The molecule has 0 radical (unpaired) electrons. The Balaban J connectivity index is 2.22. The van der Waals surface area contributed by atoms with Crippen LogP contribution in [0.4, 0.5) is 13.2 Å². The van der Waals surface area contributed by atoms with Gasteiger partial charge in [-0.2, -0.15) is 13.2 Å². The summed E-state index contributed by atoms with van der Waals surface area (Å²) >= 11 is 5.85. The first-order valence-electron chi connectivity index (χ1n) is 5.75. The van der Waals surface area contributed by atoms with E-state index in [0.717, 1.165) is 6.07 Å². The van der Waals surface area contributed by atoms with Gasteiger partial charge < -0.3 is 0 Å². The number of pyridine rings is 2. The third-order valence-electron chi connectivity index (χ3n) is 2.82. The number of fused-ring (bicyclic) bond motifs is 1. The number of alkyl halides is 3. The molecule has 0 saturated carbocycles. The average molecular weight is 311 g/mol. The van der Waals surface area contributed by atoms with E-state index in [-0.39, 0.29) is 16.4 Å². The van der Waals surface area contributed by atoms with Gasteiger partial charge in [-0.3, -0.25) is 9.97 Å². The molecule has 4 nitrogen and oxygen atoms in total. The monoisotopic (exact) mass is 310 g/mol. The van der Waals surface area contributed by atoms with E-state index >= 15 is 0 Å². The molecule has 0 atom stereocenters. The third kappa shape index (κ3) is 2.52. The van der Waals surface area contributed by atoms with E-state index in [2.05, 4.69) is 19.9 Å². The summed E-state index contributed by atoms with van der Waals surface area (Å²) in [7, 11) is 0. The van der Waals surface area contributed by atoms with Crippen molar-refractivity contribution in [1.82, 2.24) is 19.9 Å². The lowest BCUT2D eigenvalue weighted by atomic mass is 10.1. The quantitative estimate of drug-likeness (QED) is 0.642. The Morgan fingerprint density at radius 1 is 1.05 bits per heavy atom. The van der Waals surface area contributed by atoms with Crippen LogP contribution in [0.3, 0.4) is 0 Å². The highest BCUT2D eigenvalue weighted by atomic mass is 35.5. The lowest BCUT2D eigenvalue weighted by Gasteiger charge is -2.11. The summed E-state index contributed by atoms with van der Waals surface area (Å²) in [6.45, 7) is 0. The fourth-order valence-electron chi connectivity index (χ4n) is 1.91. The summed E-state index contributed by atoms with van der Waals surface area (Å²) in [4.78, 5) is 15.5. The molecule has 0 saturated heterocycles. The first kappa shape index (κ1) is 13.7. The van der Waals surface area contributed by atoms with E-state index in [1.54, 1.807) is 0 Å². The molecule has 0 aromatic carbocycles. The number of nitrogens with zero attached hydrogens (tertiary/aromatic N) is 4. The Hall–Kier alpha value is -2.28. The Morgan fingerprint density at radius 2 is 1.86 bits per heavy atom. The standard InChI is InChI=1S/C13H6ClF3N4/c14-12-11-9(20-6-21-12)4-7(5-19-11)10-8(13(15,16)17)2-1-3-18-10/h1-6H. The molecule has 3 rings (SSSR count). The van der Waals surface area contributed by atoms with E-state index in [1.165, 1.54) is 30.9 Å². The molecule has 0 amide bonds. The molecule has 0 bridgehead atoms. The van der Waals surface area contributed by atoms with Gasteiger partial charge in [-0.25, -0.2) is 9.97 Å². The normalized spacial score (nSPS) is 11.8. The maximum atomic E-state index is 13.0. The van der Waals surface area contributed by atoms with Crippen LogP contribution in [0.5, 0.6) is 0 Å². The van der Waals surface area contributed by atoms with Gasteiger partial charge in [0.1, 0.15) is 11.8 Å². The smallest absolute Gasteiger partial charge is 0.256 e. The Bertz CT molecular complexity index is 820. The predicted molar refractivity (Wildman–Crippen MR) is 70.6 cm³/mol. The lowest BCUT2D eigenvalue weighted by molar-refractivity contribution is -0.137. The summed E-state index contributed by atoms with van der Waals surface area (Å²) in [5.41, 5.74) is -0.135. The molecule has 3 aromatic heterocycles. The van der Waals surface area contributed by atoms with Crippen molar-refractivity contribution in [1.29, 1.82) is 0 Å². The third-order valence-corrected chi connectivity index (χ3v) is 3.09. The second-order valence-corrected chi connectivity index (χ2v) is 4.51. The first-order chi connectivity index (χ1) is 9.97. The van der Waals surface area contributed by atoms with Crippen molar-refractivity contribution in [2.24, 2.45) is 0 Å². The summed E-state index contributed by atoms with van der Waals surface area (Å²) < 4.78 is 39.0. The number of rotatable bonds is 1. The van der Waals surface area contributed by atoms with Crippen molar-refractivity contribution in [3.8, 4) is 11.3 Å². The van der Waals surface area contributed by atoms with E-state index in [4.69, 9.17) is 11.6 Å². The van der Waals surface area contributed by atoms with Gasteiger partial charge in [-0.1, -0.05) is 11.6 Å². The van der Waals surface area contributed by atoms with Crippen LogP contribution in [-0.2, 0) is 6.18 Å². The van der Waals surface area contributed by atoms with Crippen LogP contribution in [0.2, 0.25) is 5.15 Å². The van der Waals surface area contributed by atoms with E-state index < -0.39 is 11.7 Å². The number of halogens is 4. The highest BCUT2D eigenvalue weighted by Crippen LogP contribution is 2.36. The minimum absolute atomic E-state index is 0.142. The van der Waals surface area contributed by atoms with Gasteiger partial charge >= 0.3 is 6.18 Å². The minimum Gasteiger partial charge on any atom is -0.256 e. The van der Waals surface area contributed by atoms with Crippen LogP contribution < -0.4 is 0 Å². The first-order valence-corrected chi connectivity index (χ1v) is 6.13. The van der Waals surface area contributed by atoms with E-state index in [0.29, 0.717) is 11.0 Å². The molecule has 0 spiro atoms. The molecular formula is C13H6ClF3N4. The lowest BCUT2D eigenvalue weighted by Crippen LogP contribution is -2.08. The van der Waals surface area contributed by atoms with Gasteiger partial charge in [0.25, 0.3) is 0 Å². The van der Waals surface area contributed by atoms with Gasteiger partial charge in [-0.05, 0) is 18.2 Å². The zero-order valence-corrected chi connectivity index (χ0v) is 11.0. The molecule has 0 aliphatic heterocycles. The average Bonchev–Trinajstić information content (AvgIpc) is 2.46. The zero-order valence-electron chi connectivity index (χ0n) is 10.3. The highest BCUT2D eigenvalue weighted by Gasteiger charge is 2.34.